The fraction of sp³-hybridized carbons (Fsp3) is 0.308. The van der Waals surface area contributed by atoms with Crippen molar-refractivity contribution in [1.29, 1.82) is 0 Å². The van der Waals surface area contributed by atoms with Crippen LogP contribution in [0, 0.1) is 0 Å². The van der Waals surface area contributed by atoms with Crippen molar-refractivity contribution >= 4 is 11.9 Å². The molecule has 0 atom stereocenters. The third-order valence-corrected chi connectivity index (χ3v) is 2.35. The summed E-state index contributed by atoms with van der Waals surface area (Å²) in [4.78, 5) is 4.40. The minimum absolute atomic E-state index is 0.433. The second-order valence-electron chi connectivity index (χ2n) is 4.07. The average molecular weight is 200 g/mol. The number of rotatable bonds is 1. The van der Waals surface area contributed by atoms with Crippen LogP contribution in [0.25, 0.3) is 6.08 Å². The zero-order valence-corrected chi connectivity index (χ0v) is 9.20. The molecule has 0 aliphatic carbocycles. The first-order valence-corrected chi connectivity index (χ1v) is 5.33. The van der Waals surface area contributed by atoms with Crippen LogP contribution < -0.4 is 5.32 Å². The number of fused-ring (bicyclic) bond motifs is 1. The molecule has 0 amide bonds. The normalized spacial score (nSPS) is 14.5. The minimum atomic E-state index is 0.433. The first-order valence-electron chi connectivity index (χ1n) is 5.33. The smallest absolute Gasteiger partial charge is 0.106 e. The first-order chi connectivity index (χ1) is 7.25. The maximum atomic E-state index is 4.40. The van der Waals surface area contributed by atoms with Crippen molar-refractivity contribution in [2.75, 3.05) is 0 Å². The van der Waals surface area contributed by atoms with E-state index in [1.807, 2.05) is 6.20 Å². The molecular weight excluding hydrogens is 184 g/mol. The highest BCUT2D eigenvalue weighted by atomic mass is 15.0. The van der Waals surface area contributed by atoms with Gasteiger partial charge in [0.05, 0.1) is 0 Å². The number of benzene rings is 1. The SMILES string of the molecule is CC(C)NC1=NC=Cc2ccccc2C1. The number of nitrogens with one attached hydrogen (secondary N) is 1. The Bertz CT molecular complexity index is 403. The van der Waals surface area contributed by atoms with Crippen LogP contribution in [-0.2, 0) is 6.42 Å². The summed E-state index contributed by atoms with van der Waals surface area (Å²) in [7, 11) is 0. The lowest BCUT2D eigenvalue weighted by Crippen LogP contribution is -2.31. The molecule has 78 valence electrons. The van der Waals surface area contributed by atoms with E-state index in [-0.39, 0.29) is 0 Å². The number of hydrogen-bond acceptors (Lipinski definition) is 2. The standard InChI is InChI=1S/C13H16N2/c1-10(2)15-13-9-12-6-4-3-5-11(12)7-8-14-13/h3-8,10H,9H2,1-2H3,(H,14,15). The van der Waals surface area contributed by atoms with Gasteiger partial charge in [0.2, 0.25) is 0 Å². The highest BCUT2D eigenvalue weighted by Crippen LogP contribution is 2.14. The molecule has 2 heteroatoms. The molecule has 1 aromatic rings. The zero-order valence-electron chi connectivity index (χ0n) is 9.20. The van der Waals surface area contributed by atoms with Crippen LogP contribution in [-0.4, -0.2) is 11.9 Å². The van der Waals surface area contributed by atoms with Crippen molar-refractivity contribution < 1.29 is 0 Å². The quantitative estimate of drug-likeness (QED) is 0.740. The molecule has 1 aliphatic rings. The largest absolute Gasteiger partial charge is 0.371 e. The van der Waals surface area contributed by atoms with Crippen LogP contribution in [0.5, 0.6) is 0 Å². The lowest BCUT2D eigenvalue weighted by atomic mass is 10.0. The number of aliphatic imine (C=N–C) groups is 1. The second-order valence-corrected chi connectivity index (χ2v) is 4.07. The highest BCUT2D eigenvalue weighted by Gasteiger charge is 2.07. The molecule has 0 aromatic heterocycles. The van der Waals surface area contributed by atoms with Crippen LogP contribution >= 0.6 is 0 Å². The fourth-order valence-corrected chi connectivity index (χ4v) is 1.71. The van der Waals surface area contributed by atoms with E-state index in [2.05, 4.69) is 54.5 Å². The van der Waals surface area contributed by atoms with Gasteiger partial charge in [-0.2, -0.15) is 0 Å². The van der Waals surface area contributed by atoms with E-state index in [0.717, 1.165) is 12.3 Å². The Morgan fingerprint density at radius 3 is 2.87 bits per heavy atom. The Morgan fingerprint density at radius 2 is 2.07 bits per heavy atom. The molecular formula is C13H16N2. The van der Waals surface area contributed by atoms with Crippen LogP contribution in [0.1, 0.15) is 25.0 Å². The van der Waals surface area contributed by atoms with E-state index in [0.29, 0.717) is 6.04 Å². The molecule has 0 bridgehead atoms. The van der Waals surface area contributed by atoms with Crippen LogP contribution in [0.15, 0.2) is 35.5 Å². The van der Waals surface area contributed by atoms with Crippen molar-refractivity contribution in [3.05, 3.63) is 41.6 Å². The molecule has 0 radical (unpaired) electrons. The summed E-state index contributed by atoms with van der Waals surface area (Å²) < 4.78 is 0. The summed E-state index contributed by atoms with van der Waals surface area (Å²) in [5, 5.41) is 3.36. The van der Waals surface area contributed by atoms with Crippen molar-refractivity contribution in [1.82, 2.24) is 5.32 Å². The molecule has 15 heavy (non-hydrogen) atoms. The highest BCUT2D eigenvalue weighted by molar-refractivity contribution is 5.87. The minimum Gasteiger partial charge on any atom is -0.371 e. The predicted octanol–water partition coefficient (Wildman–Crippen LogP) is 2.61. The van der Waals surface area contributed by atoms with Gasteiger partial charge < -0.3 is 5.32 Å². The van der Waals surface area contributed by atoms with Crippen LogP contribution in [0.3, 0.4) is 0 Å². The van der Waals surface area contributed by atoms with E-state index in [4.69, 9.17) is 0 Å². The fourth-order valence-electron chi connectivity index (χ4n) is 1.71. The zero-order chi connectivity index (χ0) is 10.7. The number of hydrogen-bond donors (Lipinski definition) is 1. The van der Waals surface area contributed by atoms with Crippen LogP contribution in [0.2, 0.25) is 0 Å². The Hall–Kier alpha value is -1.57. The van der Waals surface area contributed by atoms with Gasteiger partial charge >= 0.3 is 0 Å². The van der Waals surface area contributed by atoms with Gasteiger partial charge in [0.15, 0.2) is 0 Å². The van der Waals surface area contributed by atoms with E-state index in [1.54, 1.807) is 0 Å². The van der Waals surface area contributed by atoms with E-state index < -0.39 is 0 Å². The lowest BCUT2D eigenvalue weighted by molar-refractivity contribution is 0.725. The monoisotopic (exact) mass is 200 g/mol. The molecule has 2 nitrogen and oxygen atoms in total. The Morgan fingerprint density at radius 1 is 1.27 bits per heavy atom. The summed E-state index contributed by atoms with van der Waals surface area (Å²) in [6.45, 7) is 4.26. The number of amidine groups is 1. The Kier molecular flexibility index (Phi) is 2.86. The van der Waals surface area contributed by atoms with Gasteiger partial charge in [-0.15, -0.1) is 0 Å². The topological polar surface area (TPSA) is 24.4 Å². The molecule has 2 rings (SSSR count). The summed E-state index contributed by atoms with van der Waals surface area (Å²) in [6.07, 6.45) is 4.82. The molecule has 1 aromatic carbocycles. The third kappa shape index (κ3) is 2.46. The summed E-state index contributed by atoms with van der Waals surface area (Å²) in [5.41, 5.74) is 2.60. The van der Waals surface area contributed by atoms with E-state index in [9.17, 15) is 0 Å². The van der Waals surface area contributed by atoms with E-state index in [1.165, 1.54) is 11.1 Å². The van der Waals surface area contributed by atoms with Gasteiger partial charge in [0.1, 0.15) is 5.84 Å². The maximum absolute atomic E-state index is 4.40. The maximum Gasteiger partial charge on any atom is 0.106 e. The molecule has 0 saturated heterocycles. The molecule has 1 N–H and O–H groups in total. The molecule has 1 aliphatic heterocycles. The van der Waals surface area contributed by atoms with Gasteiger partial charge in [-0.3, -0.25) is 0 Å². The predicted molar refractivity (Wildman–Crippen MR) is 64.9 cm³/mol. The van der Waals surface area contributed by atoms with Gasteiger partial charge in [-0.25, -0.2) is 4.99 Å². The van der Waals surface area contributed by atoms with Crippen molar-refractivity contribution in [3.63, 3.8) is 0 Å². The molecule has 1 heterocycles. The van der Waals surface area contributed by atoms with Gasteiger partial charge in [-0.1, -0.05) is 24.3 Å². The van der Waals surface area contributed by atoms with Crippen LogP contribution in [0.4, 0.5) is 0 Å². The Balaban J connectivity index is 2.23. The van der Waals surface area contributed by atoms with Crippen molar-refractivity contribution in [3.8, 4) is 0 Å². The lowest BCUT2D eigenvalue weighted by Gasteiger charge is -2.12. The second kappa shape index (κ2) is 4.30. The summed E-state index contributed by atoms with van der Waals surface area (Å²) >= 11 is 0. The molecule has 0 fully saturated rings. The molecule has 0 unspecified atom stereocenters. The average Bonchev–Trinajstić information content (AvgIpc) is 2.38. The molecule has 0 saturated carbocycles. The van der Waals surface area contributed by atoms with Gasteiger partial charge in [-0.05, 0) is 31.1 Å². The van der Waals surface area contributed by atoms with Crippen molar-refractivity contribution in [2.45, 2.75) is 26.3 Å². The summed E-state index contributed by atoms with van der Waals surface area (Å²) in [5.74, 6) is 1.05. The molecule has 0 spiro atoms. The third-order valence-electron chi connectivity index (χ3n) is 2.35. The van der Waals surface area contributed by atoms with Gasteiger partial charge in [0, 0.05) is 18.7 Å². The van der Waals surface area contributed by atoms with E-state index >= 15 is 0 Å². The first kappa shape index (κ1) is 9.97. The van der Waals surface area contributed by atoms with Crippen molar-refractivity contribution in [2.24, 2.45) is 4.99 Å². The number of nitrogens with zero attached hydrogens (tertiary/aromatic N) is 1. The Labute approximate surface area is 90.7 Å². The summed E-state index contributed by atoms with van der Waals surface area (Å²) in [6, 6.07) is 8.85. The van der Waals surface area contributed by atoms with Gasteiger partial charge in [0.25, 0.3) is 0 Å².